The quantitative estimate of drug-likeness (QED) is 0.621. The molecule has 0 spiro atoms. The summed E-state index contributed by atoms with van der Waals surface area (Å²) in [6.45, 7) is 1.85. The van der Waals surface area contributed by atoms with Gasteiger partial charge < -0.3 is 9.64 Å². The Morgan fingerprint density at radius 3 is 2.74 bits per heavy atom. The molecule has 0 radical (unpaired) electrons. The Hall–Kier alpha value is -1.48. The number of nitriles is 1. The van der Waals surface area contributed by atoms with Crippen molar-refractivity contribution in [3.05, 3.63) is 28.2 Å². The number of benzene rings is 1. The molecule has 1 aliphatic rings. The molecule has 0 amide bonds. The van der Waals surface area contributed by atoms with Crippen LogP contribution in [0.2, 0.25) is 12.6 Å². The van der Waals surface area contributed by atoms with Crippen LogP contribution in [0.15, 0.2) is 22.7 Å². The minimum absolute atomic E-state index is 0.159. The minimum Gasteiger partial charge on any atom is -0.465 e. The summed E-state index contributed by atoms with van der Waals surface area (Å²) in [5.41, 5.74) is 1.53. The molecule has 1 aromatic carbocycles. The lowest BCUT2D eigenvalue weighted by Gasteiger charge is -2.30. The van der Waals surface area contributed by atoms with Crippen molar-refractivity contribution >= 4 is 34.3 Å². The van der Waals surface area contributed by atoms with Crippen LogP contribution in [0, 0.1) is 11.2 Å². The summed E-state index contributed by atoms with van der Waals surface area (Å²) >= 11 is 3.35. The lowest BCUT2D eigenvalue weighted by Crippen LogP contribution is -2.36. The van der Waals surface area contributed by atoms with E-state index in [4.69, 9.17) is 10.00 Å². The van der Waals surface area contributed by atoms with E-state index >= 15 is 0 Å². The molecule has 1 aliphatic heterocycles. The third kappa shape index (κ3) is 3.10. The van der Waals surface area contributed by atoms with Crippen molar-refractivity contribution in [2.75, 3.05) is 25.1 Å². The van der Waals surface area contributed by atoms with E-state index in [1.807, 2.05) is 18.2 Å². The lowest BCUT2D eigenvalue weighted by atomic mass is 9.45. The van der Waals surface area contributed by atoms with Gasteiger partial charge in [-0.25, -0.2) is 10.1 Å². The molecule has 1 fully saturated rings. The highest BCUT2D eigenvalue weighted by Gasteiger charge is 2.23. The van der Waals surface area contributed by atoms with Gasteiger partial charge in [0.2, 0.25) is 0 Å². The molecular formula is C13H14BBrN2O2. The second-order valence-electron chi connectivity index (χ2n) is 4.55. The van der Waals surface area contributed by atoms with E-state index in [1.54, 1.807) is 0 Å². The predicted octanol–water partition coefficient (Wildman–Crippen LogP) is 2.61. The highest BCUT2D eigenvalue weighted by molar-refractivity contribution is 9.10. The standard InChI is InChI=1S/C13H14BBrN2O2/c1-19-13(18)11-8-10(2-3-12(11)15)17-6-4-14(9-16)5-7-17/h2-3,8H,4-7H2,1H3. The van der Waals surface area contributed by atoms with Gasteiger partial charge in [0.05, 0.1) is 12.7 Å². The first kappa shape index (κ1) is 13.9. The van der Waals surface area contributed by atoms with E-state index in [1.165, 1.54) is 7.11 Å². The summed E-state index contributed by atoms with van der Waals surface area (Å²) in [4.78, 5) is 13.9. The maximum Gasteiger partial charge on any atom is 0.339 e. The van der Waals surface area contributed by atoms with Gasteiger partial charge >= 0.3 is 5.97 Å². The van der Waals surface area contributed by atoms with Crippen LogP contribution >= 0.6 is 15.9 Å². The van der Waals surface area contributed by atoms with Crippen molar-refractivity contribution in [1.29, 1.82) is 5.26 Å². The first-order chi connectivity index (χ1) is 9.15. The van der Waals surface area contributed by atoms with Gasteiger partial charge in [-0.3, -0.25) is 0 Å². The van der Waals surface area contributed by atoms with E-state index in [0.717, 1.165) is 35.9 Å². The monoisotopic (exact) mass is 320 g/mol. The number of hydrogen-bond acceptors (Lipinski definition) is 4. The normalized spacial score (nSPS) is 15.0. The number of anilines is 1. The molecule has 19 heavy (non-hydrogen) atoms. The highest BCUT2D eigenvalue weighted by atomic mass is 79.9. The third-order valence-corrected chi connectivity index (χ3v) is 4.09. The van der Waals surface area contributed by atoms with Gasteiger partial charge in [0.15, 0.2) is 0 Å². The van der Waals surface area contributed by atoms with Gasteiger partial charge in [-0.15, -0.1) is 0 Å². The molecule has 1 aromatic rings. The largest absolute Gasteiger partial charge is 0.465 e. The smallest absolute Gasteiger partial charge is 0.339 e. The molecule has 0 unspecified atom stereocenters. The molecular weight excluding hydrogens is 307 g/mol. The van der Waals surface area contributed by atoms with Gasteiger partial charge in [0.25, 0.3) is 6.71 Å². The molecule has 0 aliphatic carbocycles. The fourth-order valence-electron chi connectivity index (χ4n) is 2.24. The number of nitrogens with zero attached hydrogens (tertiary/aromatic N) is 2. The summed E-state index contributed by atoms with van der Waals surface area (Å²) < 4.78 is 5.49. The average Bonchev–Trinajstić information content (AvgIpc) is 2.47. The first-order valence-electron chi connectivity index (χ1n) is 6.18. The van der Waals surface area contributed by atoms with Crippen LogP contribution in [0.4, 0.5) is 5.69 Å². The Morgan fingerprint density at radius 2 is 2.16 bits per heavy atom. The number of rotatable bonds is 2. The van der Waals surface area contributed by atoms with Crippen molar-refractivity contribution in [2.24, 2.45) is 0 Å². The zero-order valence-electron chi connectivity index (χ0n) is 10.7. The second-order valence-corrected chi connectivity index (χ2v) is 5.40. The molecule has 4 nitrogen and oxygen atoms in total. The minimum atomic E-state index is -0.347. The summed E-state index contributed by atoms with van der Waals surface area (Å²) in [6, 6.07) is 5.67. The Bertz CT molecular complexity index is 522. The van der Waals surface area contributed by atoms with E-state index < -0.39 is 0 Å². The van der Waals surface area contributed by atoms with E-state index in [-0.39, 0.29) is 12.7 Å². The van der Waals surface area contributed by atoms with Crippen LogP contribution < -0.4 is 4.90 Å². The summed E-state index contributed by atoms with van der Waals surface area (Å²) in [6.07, 6.45) is 1.75. The number of carbonyl (C=O) groups excluding carboxylic acids is 1. The van der Waals surface area contributed by atoms with Crippen LogP contribution in [0.25, 0.3) is 0 Å². The van der Waals surface area contributed by atoms with Crippen LogP contribution in [0.3, 0.4) is 0 Å². The van der Waals surface area contributed by atoms with Gasteiger partial charge in [0.1, 0.15) is 0 Å². The van der Waals surface area contributed by atoms with Crippen molar-refractivity contribution < 1.29 is 9.53 Å². The van der Waals surface area contributed by atoms with E-state index in [9.17, 15) is 4.79 Å². The zero-order chi connectivity index (χ0) is 13.8. The van der Waals surface area contributed by atoms with Gasteiger partial charge in [-0.1, -0.05) is 0 Å². The number of ether oxygens (including phenoxy) is 1. The average molecular weight is 321 g/mol. The summed E-state index contributed by atoms with van der Waals surface area (Å²) in [7, 11) is 1.37. The molecule has 0 aromatic heterocycles. The molecule has 1 saturated heterocycles. The zero-order valence-corrected chi connectivity index (χ0v) is 12.3. The number of halogens is 1. The van der Waals surface area contributed by atoms with Gasteiger partial charge in [-0.2, -0.15) is 0 Å². The Balaban J connectivity index is 2.18. The Labute approximate surface area is 121 Å². The molecule has 0 saturated carbocycles. The molecule has 1 heterocycles. The maximum atomic E-state index is 11.7. The van der Waals surface area contributed by atoms with Crippen molar-refractivity contribution in [1.82, 2.24) is 0 Å². The number of hydrogen-bond donors (Lipinski definition) is 0. The molecule has 0 bridgehead atoms. The summed E-state index contributed by atoms with van der Waals surface area (Å²) in [5, 5.41) is 8.90. The van der Waals surface area contributed by atoms with Crippen molar-refractivity contribution in [2.45, 2.75) is 12.6 Å². The van der Waals surface area contributed by atoms with Crippen LogP contribution in [-0.4, -0.2) is 32.9 Å². The van der Waals surface area contributed by atoms with E-state index in [2.05, 4.69) is 26.8 Å². The fourth-order valence-corrected chi connectivity index (χ4v) is 2.65. The number of esters is 1. The SMILES string of the molecule is COC(=O)c1cc(N2CCB(C#N)CC2)ccc1Br. The van der Waals surface area contributed by atoms with Crippen molar-refractivity contribution in [3.63, 3.8) is 0 Å². The number of methoxy groups -OCH3 is 1. The third-order valence-electron chi connectivity index (χ3n) is 3.40. The van der Waals surface area contributed by atoms with Crippen LogP contribution in [-0.2, 0) is 4.74 Å². The molecule has 0 N–H and O–H groups in total. The highest BCUT2D eigenvalue weighted by Crippen LogP contribution is 2.26. The van der Waals surface area contributed by atoms with Crippen molar-refractivity contribution in [3.8, 4) is 5.97 Å². The topological polar surface area (TPSA) is 53.3 Å². The molecule has 0 atom stereocenters. The van der Waals surface area contributed by atoms with Gasteiger partial charge in [0, 0.05) is 29.2 Å². The van der Waals surface area contributed by atoms with Gasteiger partial charge in [-0.05, 0) is 46.8 Å². The van der Waals surface area contributed by atoms with Crippen LogP contribution in [0.5, 0.6) is 0 Å². The lowest BCUT2D eigenvalue weighted by molar-refractivity contribution is 0.0599. The molecule has 2 rings (SSSR count). The first-order valence-corrected chi connectivity index (χ1v) is 6.97. The molecule has 98 valence electrons. The second kappa shape index (κ2) is 6.11. The summed E-state index contributed by atoms with van der Waals surface area (Å²) in [5.74, 6) is 1.97. The predicted molar refractivity (Wildman–Crippen MR) is 78.7 cm³/mol. The van der Waals surface area contributed by atoms with Crippen LogP contribution in [0.1, 0.15) is 10.4 Å². The Morgan fingerprint density at radius 1 is 1.47 bits per heavy atom. The Kier molecular flexibility index (Phi) is 4.49. The maximum absolute atomic E-state index is 11.7. The number of carbonyl (C=O) groups is 1. The fraction of sp³-hybridized carbons (Fsp3) is 0.385. The van der Waals surface area contributed by atoms with E-state index in [0.29, 0.717) is 5.56 Å². The molecule has 6 heteroatoms.